The standard InChI is InChI=1S/C16H24N10OS2/c1-6-17-11-20-12(18-7-2)26-13(21-11)23-25-15(26)28-8-9(27)19-14-24-22-10(29-14)16(3,4)5/h6-8H2,1-5H3,(H,19,24,27)(H2,17,18,20,21,23). The Hall–Kier alpha value is -2.54. The van der Waals surface area contributed by atoms with E-state index in [2.05, 4.69) is 67.1 Å². The Morgan fingerprint density at radius 3 is 2.48 bits per heavy atom. The van der Waals surface area contributed by atoms with E-state index >= 15 is 0 Å². The normalized spacial score (nSPS) is 11.6. The van der Waals surface area contributed by atoms with Gasteiger partial charge in [0.05, 0.1) is 5.75 Å². The van der Waals surface area contributed by atoms with Crippen molar-refractivity contribution in [3.8, 4) is 0 Å². The van der Waals surface area contributed by atoms with Gasteiger partial charge in [0.15, 0.2) is 5.16 Å². The van der Waals surface area contributed by atoms with Crippen LogP contribution in [0.15, 0.2) is 5.16 Å². The largest absolute Gasteiger partial charge is 0.355 e. The predicted molar refractivity (Wildman–Crippen MR) is 115 cm³/mol. The van der Waals surface area contributed by atoms with E-state index in [1.807, 2.05) is 13.8 Å². The molecule has 0 atom stereocenters. The lowest BCUT2D eigenvalue weighted by molar-refractivity contribution is -0.113. The Kier molecular flexibility index (Phi) is 6.47. The highest BCUT2D eigenvalue weighted by Gasteiger charge is 2.20. The lowest BCUT2D eigenvalue weighted by Gasteiger charge is -2.12. The molecule has 11 nitrogen and oxygen atoms in total. The lowest BCUT2D eigenvalue weighted by atomic mass is 9.98. The minimum absolute atomic E-state index is 0.107. The van der Waals surface area contributed by atoms with Crippen molar-refractivity contribution in [2.75, 3.05) is 34.8 Å². The van der Waals surface area contributed by atoms with Gasteiger partial charge in [0.2, 0.25) is 22.9 Å². The highest BCUT2D eigenvalue weighted by molar-refractivity contribution is 7.99. The first kappa shape index (κ1) is 21.2. The third-order valence-electron chi connectivity index (χ3n) is 3.56. The van der Waals surface area contributed by atoms with E-state index in [0.29, 0.717) is 41.1 Å². The average Bonchev–Trinajstić information content (AvgIpc) is 3.27. The van der Waals surface area contributed by atoms with Crippen molar-refractivity contribution in [2.24, 2.45) is 0 Å². The number of rotatable bonds is 8. The number of fused-ring (bicyclic) bond motifs is 1. The van der Waals surface area contributed by atoms with Crippen molar-refractivity contribution in [3.05, 3.63) is 5.01 Å². The average molecular weight is 437 g/mol. The first-order valence-electron chi connectivity index (χ1n) is 9.19. The van der Waals surface area contributed by atoms with Crippen LogP contribution in [-0.2, 0) is 10.2 Å². The van der Waals surface area contributed by atoms with Gasteiger partial charge in [0, 0.05) is 18.5 Å². The minimum Gasteiger partial charge on any atom is -0.355 e. The van der Waals surface area contributed by atoms with Gasteiger partial charge in [-0.25, -0.2) is 4.40 Å². The van der Waals surface area contributed by atoms with Crippen molar-refractivity contribution in [1.82, 2.24) is 34.8 Å². The van der Waals surface area contributed by atoms with Crippen LogP contribution >= 0.6 is 23.1 Å². The zero-order valence-corrected chi connectivity index (χ0v) is 18.6. The molecular weight excluding hydrogens is 412 g/mol. The molecular formula is C16H24N10OS2. The molecule has 3 rings (SSSR count). The van der Waals surface area contributed by atoms with Gasteiger partial charge in [0.1, 0.15) is 5.01 Å². The molecule has 0 aromatic carbocycles. The second kappa shape index (κ2) is 8.86. The van der Waals surface area contributed by atoms with Gasteiger partial charge < -0.3 is 10.6 Å². The summed E-state index contributed by atoms with van der Waals surface area (Å²) in [5.41, 5.74) is -0.107. The van der Waals surface area contributed by atoms with Crippen molar-refractivity contribution in [2.45, 2.75) is 45.2 Å². The maximum absolute atomic E-state index is 12.3. The summed E-state index contributed by atoms with van der Waals surface area (Å²) < 4.78 is 1.70. The zero-order valence-electron chi connectivity index (χ0n) is 17.0. The van der Waals surface area contributed by atoms with Gasteiger partial charge >= 0.3 is 0 Å². The highest BCUT2D eigenvalue weighted by Crippen LogP contribution is 2.28. The fourth-order valence-electron chi connectivity index (χ4n) is 2.26. The van der Waals surface area contributed by atoms with Crippen molar-refractivity contribution < 1.29 is 4.79 Å². The van der Waals surface area contributed by atoms with Crippen molar-refractivity contribution in [1.29, 1.82) is 0 Å². The molecule has 3 heterocycles. The van der Waals surface area contributed by atoms with Crippen molar-refractivity contribution >= 4 is 51.8 Å². The van der Waals surface area contributed by atoms with Crippen LogP contribution in [0.2, 0.25) is 0 Å². The molecule has 0 saturated heterocycles. The monoisotopic (exact) mass is 436 g/mol. The summed E-state index contributed by atoms with van der Waals surface area (Å²) in [4.78, 5) is 21.1. The smallest absolute Gasteiger partial charge is 0.261 e. The van der Waals surface area contributed by atoms with Crippen LogP contribution in [0.1, 0.15) is 39.6 Å². The van der Waals surface area contributed by atoms with E-state index < -0.39 is 0 Å². The van der Waals surface area contributed by atoms with Gasteiger partial charge in [-0.3, -0.25) is 10.1 Å². The number of hydrogen-bond acceptors (Lipinski definition) is 11. The molecule has 0 fully saturated rings. The number of amides is 1. The fourth-order valence-corrected chi connectivity index (χ4v) is 3.81. The second-order valence-electron chi connectivity index (χ2n) is 7.05. The van der Waals surface area contributed by atoms with Crippen LogP contribution in [0.4, 0.5) is 17.0 Å². The molecule has 3 aromatic rings. The Labute approximate surface area is 176 Å². The number of anilines is 3. The summed E-state index contributed by atoms with van der Waals surface area (Å²) in [6.45, 7) is 11.5. The van der Waals surface area contributed by atoms with Gasteiger partial charge in [-0.15, -0.1) is 20.4 Å². The molecule has 3 aromatic heterocycles. The number of nitrogens with zero attached hydrogens (tertiary/aromatic N) is 7. The molecule has 0 aliphatic rings. The van der Waals surface area contributed by atoms with E-state index in [9.17, 15) is 4.79 Å². The van der Waals surface area contributed by atoms with Crippen LogP contribution in [0, 0.1) is 0 Å². The van der Waals surface area contributed by atoms with Gasteiger partial charge in [-0.2, -0.15) is 9.97 Å². The van der Waals surface area contributed by atoms with Crippen LogP contribution < -0.4 is 16.0 Å². The third kappa shape index (κ3) is 5.09. The molecule has 0 aliphatic carbocycles. The van der Waals surface area contributed by atoms with Gasteiger partial charge in [-0.1, -0.05) is 43.9 Å². The van der Waals surface area contributed by atoms with E-state index in [-0.39, 0.29) is 17.1 Å². The molecule has 0 bridgehead atoms. The summed E-state index contributed by atoms with van der Waals surface area (Å²) in [6, 6.07) is 0. The maximum Gasteiger partial charge on any atom is 0.261 e. The Morgan fingerprint density at radius 2 is 1.83 bits per heavy atom. The summed E-state index contributed by atoms with van der Waals surface area (Å²) in [6.07, 6.45) is 0. The van der Waals surface area contributed by atoms with Crippen LogP contribution in [-0.4, -0.2) is 59.5 Å². The molecule has 1 amide bonds. The highest BCUT2D eigenvalue weighted by atomic mass is 32.2. The molecule has 0 spiro atoms. The third-order valence-corrected chi connectivity index (χ3v) is 5.75. The van der Waals surface area contributed by atoms with E-state index in [1.165, 1.54) is 23.1 Å². The number of aromatic nitrogens is 7. The van der Waals surface area contributed by atoms with Gasteiger partial charge in [0.25, 0.3) is 5.78 Å². The molecule has 3 N–H and O–H groups in total. The zero-order chi connectivity index (χ0) is 21.0. The maximum atomic E-state index is 12.3. The SMILES string of the molecule is CCNc1nc(NCC)n2c(SCC(=O)Nc3nnc(C(C)(C)C)s3)nnc2n1. The Bertz CT molecular complexity index is 993. The van der Waals surface area contributed by atoms with E-state index in [1.54, 1.807) is 4.40 Å². The van der Waals surface area contributed by atoms with Crippen LogP contribution in [0.25, 0.3) is 5.78 Å². The van der Waals surface area contributed by atoms with E-state index in [0.717, 1.165) is 5.01 Å². The minimum atomic E-state index is -0.196. The fraction of sp³-hybridized carbons (Fsp3) is 0.562. The quantitative estimate of drug-likeness (QED) is 0.451. The first-order valence-corrected chi connectivity index (χ1v) is 11.0. The van der Waals surface area contributed by atoms with E-state index in [4.69, 9.17) is 0 Å². The number of hydrogen-bond donors (Lipinski definition) is 3. The van der Waals surface area contributed by atoms with Crippen molar-refractivity contribution in [3.63, 3.8) is 0 Å². The summed E-state index contributed by atoms with van der Waals surface area (Å²) in [7, 11) is 0. The van der Waals surface area contributed by atoms with Gasteiger partial charge in [-0.05, 0) is 13.8 Å². The second-order valence-corrected chi connectivity index (χ2v) is 8.97. The summed E-state index contributed by atoms with van der Waals surface area (Å²) in [5, 5.41) is 27.4. The molecule has 0 saturated carbocycles. The Balaban J connectivity index is 1.71. The number of carbonyl (C=O) groups is 1. The molecule has 13 heteroatoms. The predicted octanol–water partition coefficient (Wildman–Crippen LogP) is 2.26. The van der Waals surface area contributed by atoms with Crippen LogP contribution in [0.3, 0.4) is 0 Å². The number of carbonyl (C=O) groups excluding carboxylic acids is 1. The first-order chi connectivity index (χ1) is 13.8. The molecule has 156 valence electrons. The summed E-state index contributed by atoms with van der Waals surface area (Å²) in [5.74, 6) is 1.40. The van der Waals surface area contributed by atoms with Crippen LogP contribution in [0.5, 0.6) is 0 Å². The molecule has 0 unspecified atom stereocenters. The molecule has 0 aliphatic heterocycles. The molecule has 0 radical (unpaired) electrons. The lowest BCUT2D eigenvalue weighted by Crippen LogP contribution is -2.15. The number of thioether (sulfide) groups is 1. The topological polar surface area (TPSA) is 135 Å². The Morgan fingerprint density at radius 1 is 1.07 bits per heavy atom. The number of nitrogens with one attached hydrogen (secondary N) is 3. The molecule has 29 heavy (non-hydrogen) atoms. The summed E-state index contributed by atoms with van der Waals surface area (Å²) >= 11 is 2.62.